The van der Waals surface area contributed by atoms with Gasteiger partial charge in [0, 0.05) is 19.8 Å². The highest BCUT2D eigenvalue weighted by molar-refractivity contribution is 7.89. The predicted octanol–water partition coefficient (Wildman–Crippen LogP) is 1.40. The molecule has 0 spiro atoms. The van der Waals surface area contributed by atoms with Gasteiger partial charge in [-0.05, 0) is 31.0 Å². The van der Waals surface area contributed by atoms with Gasteiger partial charge in [0.15, 0.2) is 0 Å². The zero-order valence-corrected chi connectivity index (χ0v) is 13.7. The Morgan fingerprint density at radius 1 is 1.28 bits per heavy atom. The van der Waals surface area contributed by atoms with Gasteiger partial charge < -0.3 is 10.5 Å². The second-order valence-corrected chi connectivity index (χ2v) is 7.49. The third-order valence-corrected chi connectivity index (χ3v) is 5.53. The lowest BCUT2D eigenvalue weighted by Gasteiger charge is -2.34. The molecule has 25 heavy (non-hydrogen) atoms. The van der Waals surface area contributed by atoms with E-state index in [1.807, 2.05) is 0 Å². The first-order chi connectivity index (χ1) is 11.5. The summed E-state index contributed by atoms with van der Waals surface area (Å²) in [4.78, 5) is 10.9. The van der Waals surface area contributed by atoms with Gasteiger partial charge in [0.25, 0.3) is 0 Å². The summed E-state index contributed by atoms with van der Waals surface area (Å²) in [5, 5.41) is 0. The quantitative estimate of drug-likeness (QED) is 0.750. The molecule has 2 rings (SSSR count). The molecule has 1 aliphatic heterocycles. The first kappa shape index (κ1) is 19.6. The van der Waals surface area contributed by atoms with Crippen LogP contribution in [0.4, 0.5) is 17.6 Å². The SMILES string of the molecule is NC(=O)C1(CNS(=O)(=O)c2ccc(F)c(C(F)(F)F)c2)CCOCC1. The lowest BCUT2D eigenvalue weighted by Crippen LogP contribution is -2.49. The van der Waals surface area contributed by atoms with Gasteiger partial charge in [-0.1, -0.05) is 0 Å². The minimum atomic E-state index is -5.04. The molecule has 140 valence electrons. The van der Waals surface area contributed by atoms with Crippen LogP contribution in [0.15, 0.2) is 23.1 Å². The van der Waals surface area contributed by atoms with Crippen molar-refractivity contribution in [3.8, 4) is 0 Å². The number of rotatable bonds is 5. The molecule has 3 N–H and O–H groups in total. The van der Waals surface area contributed by atoms with Crippen molar-refractivity contribution in [2.75, 3.05) is 19.8 Å². The Bertz CT molecular complexity index is 759. The third-order valence-electron chi connectivity index (χ3n) is 4.13. The molecule has 1 amide bonds. The summed E-state index contributed by atoms with van der Waals surface area (Å²) in [5.74, 6) is -2.31. The van der Waals surface area contributed by atoms with E-state index >= 15 is 0 Å². The van der Waals surface area contributed by atoms with E-state index in [9.17, 15) is 30.8 Å². The molecular weight excluding hydrogens is 368 g/mol. The van der Waals surface area contributed by atoms with Crippen LogP contribution in [-0.2, 0) is 25.7 Å². The fourth-order valence-corrected chi connectivity index (χ4v) is 3.63. The van der Waals surface area contributed by atoms with Gasteiger partial charge in [0.2, 0.25) is 15.9 Å². The van der Waals surface area contributed by atoms with Crippen LogP contribution in [-0.4, -0.2) is 34.1 Å². The van der Waals surface area contributed by atoms with Gasteiger partial charge >= 0.3 is 6.18 Å². The molecule has 6 nitrogen and oxygen atoms in total. The number of carbonyl (C=O) groups is 1. The maximum atomic E-state index is 13.3. The molecule has 0 aliphatic carbocycles. The van der Waals surface area contributed by atoms with Gasteiger partial charge in [-0.15, -0.1) is 0 Å². The number of hydrogen-bond acceptors (Lipinski definition) is 4. The molecule has 1 heterocycles. The van der Waals surface area contributed by atoms with Crippen molar-refractivity contribution in [3.05, 3.63) is 29.6 Å². The summed E-state index contributed by atoms with van der Waals surface area (Å²) in [7, 11) is -4.40. The number of primary amides is 1. The minimum Gasteiger partial charge on any atom is -0.381 e. The highest BCUT2D eigenvalue weighted by atomic mass is 32.2. The molecule has 1 aliphatic rings. The van der Waals surface area contributed by atoms with Gasteiger partial charge in [0.1, 0.15) is 5.82 Å². The van der Waals surface area contributed by atoms with Crippen LogP contribution in [0.25, 0.3) is 0 Å². The Kier molecular flexibility index (Phi) is 5.40. The Hall–Kier alpha value is -1.72. The molecule has 1 saturated heterocycles. The first-order valence-corrected chi connectivity index (χ1v) is 8.70. The molecular formula is C14H16F4N2O4S. The van der Waals surface area contributed by atoms with Crippen molar-refractivity contribution in [1.82, 2.24) is 4.72 Å². The van der Waals surface area contributed by atoms with E-state index in [1.165, 1.54) is 0 Å². The summed E-state index contributed by atoms with van der Waals surface area (Å²) in [6, 6.07) is 1.35. The van der Waals surface area contributed by atoms with Crippen LogP contribution in [0.2, 0.25) is 0 Å². The lowest BCUT2D eigenvalue weighted by molar-refractivity contribution is -0.140. The summed E-state index contributed by atoms with van der Waals surface area (Å²) < 4.78 is 83.2. The number of benzene rings is 1. The van der Waals surface area contributed by atoms with E-state index in [0.717, 1.165) is 0 Å². The maximum absolute atomic E-state index is 13.3. The number of carbonyl (C=O) groups excluding carboxylic acids is 1. The second kappa shape index (κ2) is 6.89. The Morgan fingerprint density at radius 2 is 1.88 bits per heavy atom. The number of ether oxygens (including phenoxy) is 1. The average molecular weight is 384 g/mol. The van der Waals surface area contributed by atoms with Crippen molar-refractivity contribution in [1.29, 1.82) is 0 Å². The molecule has 1 fully saturated rings. The first-order valence-electron chi connectivity index (χ1n) is 7.22. The lowest BCUT2D eigenvalue weighted by atomic mass is 9.80. The summed E-state index contributed by atoms with van der Waals surface area (Å²) >= 11 is 0. The Morgan fingerprint density at radius 3 is 2.40 bits per heavy atom. The topological polar surface area (TPSA) is 98.5 Å². The van der Waals surface area contributed by atoms with Crippen LogP contribution in [0.5, 0.6) is 0 Å². The molecule has 0 aromatic heterocycles. The van der Waals surface area contributed by atoms with E-state index in [-0.39, 0.29) is 38.7 Å². The normalized spacial score (nSPS) is 18.1. The number of amides is 1. The fraction of sp³-hybridized carbons (Fsp3) is 0.500. The van der Waals surface area contributed by atoms with Crippen molar-refractivity contribution < 1.29 is 35.5 Å². The Balaban J connectivity index is 2.26. The van der Waals surface area contributed by atoms with Crippen LogP contribution in [0.1, 0.15) is 18.4 Å². The number of nitrogens with one attached hydrogen (secondary N) is 1. The van der Waals surface area contributed by atoms with Crippen LogP contribution >= 0.6 is 0 Å². The monoisotopic (exact) mass is 384 g/mol. The van der Waals surface area contributed by atoms with E-state index in [0.29, 0.717) is 12.1 Å². The van der Waals surface area contributed by atoms with Crippen LogP contribution in [0.3, 0.4) is 0 Å². The van der Waals surface area contributed by atoms with Crippen LogP contribution in [0, 0.1) is 11.2 Å². The van der Waals surface area contributed by atoms with Crippen LogP contribution < -0.4 is 10.5 Å². The zero-order chi connectivity index (χ0) is 18.9. The predicted molar refractivity (Wildman–Crippen MR) is 78.3 cm³/mol. The van der Waals surface area contributed by atoms with Crippen molar-refractivity contribution >= 4 is 15.9 Å². The van der Waals surface area contributed by atoms with Crippen molar-refractivity contribution in [2.24, 2.45) is 11.1 Å². The summed E-state index contributed by atoms with van der Waals surface area (Å²) in [6.07, 6.45) is -4.67. The van der Waals surface area contributed by atoms with Gasteiger partial charge in [0.05, 0.1) is 15.9 Å². The Labute approximate surface area is 141 Å². The average Bonchev–Trinajstić information content (AvgIpc) is 2.53. The zero-order valence-electron chi connectivity index (χ0n) is 12.9. The third kappa shape index (κ3) is 4.28. The van der Waals surface area contributed by atoms with Gasteiger partial charge in [-0.25, -0.2) is 17.5 Å². The smallest absolute Gasteiger partial charge is 0.381 e. The molecule has 0 radical (unpaired) electrons. The van der Waals surface area contributed by atoms with Crippen molar-refractivity contribution in [2.45, 2.75) is 23.9 Å². The number of nitrogens with two attached hydrogens (primary N) is 1. The molecule has 1 aromatic carbocycles. The highest BCUT2D eigenvalue weighted by Gasteiger charge is 2.40. The second-order valence-electron chi connectivity index (χ2n) is 5.72. The summed E-state index contributed by atoms with van der Waals surface area (Å²) in [6.45, 7) is 0.0334. The standard InChI is InChI=1S/C14H16F4N2O4S/c15-11-2-1-9(7-10(11)14(16,17)18)25(22,23)20-8-13(12(19)21)3-5-24-6-4-13/h1-2,7,20H,3-6,8H2,(H2,19,21). The van der Waals surface area contributed by atoms with E-state index < -0.39 is 43.8 Å². The molecule has 0 bridgehead atoms. The largest absolute Gasteiger partial charge is 0.419 e. The van der Waals surface area contributed by atoms with E-state index in [2.05, 4.69) is 4.72 Å². The van der Waals surface area contributed by atoms with Gasteiger partial charge in [-0.2, -0.15) is 13.2 Å². The van der Waals surface area contributed by atoms with E-state index in [4.69, 9.17) is 10.5 Å². The fourth-order valence-electron chi connectivity index (χ4n) is 2.48. The number of hydrogen-bond donors (Lipinski definition) is 2. The molecule has 0 atom stereocenters. The molecule has 0 unspecified atom stereocenters. The number of sulfonamides is 1. The summed E-state index contributed by atoms with van der Waals surface area (Å²) in [5.41, 5.74) is 2.47. The van der Waals surface area contributed by atoms with Gasteiger partial charge in [-0.3, -0.25) is 4.79 Å². The molecule has 1 aromatic rings. The number of alkyl halides is 3. The maximum Gasteiger partial charge on any atom is 0.419 e. The highest BCUT2D eigenvalue weighted by Crippen LogP contribution is 2.33. The minimum absolute atomic E-state index is 0.183. The van der Waals surface area contributed by atoms with E-state index in [1.54, 1.807) is 0 Å². The van der Waals surface area contributed by atoms with Crippen molar-refractivity contribution in [3.63, 3.8) is 0 Å². The molecule has 0 saturated carbocycles. The number of halogens is 4. The molecule has 11 heteroatoms.